The lowest BCUT2D eigenvalue weighted by molar-refractivity contribution is 0.172. The predicted molar refractivity (Wildman–Crippen MR) is 163 cm³/mol. The Morgan fingerprint density at radius 3 is 2.59 bits per heavy atom. The molecule has 11 nitrogen and oxygen atoms in total. The maximum atomic E-state index is 13.8. The number of rotatable bonds is 10. The van der Waals surface area contributed by atoms with Gasteiger partial charge in [0, 0.05) is 37.2 Å². The molecule has 0 spiro atoms. The van der Waals surface area contributed by atoms with Gasteiger partial charge in [0.15, 0.2) is 5.82 Å². The zero-order valence-electron chi connectivity index (χ0n) is 22.7. The number of ether oxygens (including phenoxy) is 2. The molecule has 0 amide bonds. The normalized spacial score (nSPS) is 15.7. The van der Waals surface area contributed by atoms with Crippen LogP contribution in [0.1, 0.15) is 38.2 Å². The fourth-order valence-corrected chi connectivity index (χ4v) is 6.00. The van der Waals surface area contributed by atoms with Gasteiger partial charge in [-0.3, -0.25) is 8.87 Å². The summed E-state index contributed by atoms with van der Waals surface area (Å²) in [7, 11) is 1.76. The fraction of sp³-hybridized carbons (Fsp3) is 0.520. The molecule has 0 bridgehead atoms. The van der Waals surface area contributed by atoms with Gasteiger partial charge in [-0.2, -0.15) is 0 Å². The van der Waals surface area contributed by atoms with Crippen LogP contribution in [0.25, 0.3) is 11.4 Å². The number of halogens is 1. The summed E-state index contributed by atoms with van der Waals surface area (Å²) in [5.74, 6) is 3.61. The summed E-state index contributed by atoms with van der Waals surface area (Å²) in [5.41, 5.74) is 1.68. The molecule has 2 N–H and O–H groups in total. The Morgan fingerprint density at radius 2 is 1.97 bits per heavy atom. The number of anilines is 1. The number of benzene rings is 1. The van der Waals surface area contributed by atoms with E-state index in [4.69, 9.17) is 14.6 Å². The molecule has 3 heterocycles. The number of fused-ring (bicyclic) bond motifs is 3. The summed E-state index contributed by atoms with van der Waals surface area (Å²) in [6.45, 7) is 7.82. The molecule has 39 heavy (non-hydrogen) atoms. The molecule has 3 aromatic rings. The average Bonchev–Trinajstić information content (AvgIpc) is 3.27. The number of hydrogen-bond donors (Lipinski definition) is 2. The molecule has 3 atom stereocenters. The van der Waals surface area contributed by atoms with Crippen LogP contribution in [0.2, 0.25) is 0 Å². The molecule has 1 aliphatic heterocycles. The lowest BCUT2D eigenvalue weighted by Gasteiger charge is -2.27. The van der Waals surface area contributed by atoms with E-state index in [1.54, 1.807) is 46.6 Å². The average molecular weight is 691 g/mol. The summed E-state index contributed by atoms with van der Waals surface area (Å²) in [4.78, 5) is 8.74. The molecule has 4 rings (SSSR count). The van der Waals surface area contributed by atoms with Crippen molar-refractivity contribution in [3.8, 4) is 22.9 Å². The van der Waals surface area contributed by atoms with E-state index in [-0.39, 0.29) is 24.6 Å². The molecule has 2 aromatic heterocycles. The zero-order valence-corrected chi connectivity index (χ0v) is 26.4. The number of hydrogen-bond acceptors (Lipinski definition) is 10. The van der Waals surface area contributed by atoms with Crippen molar-refractivity contribution in [2.24, 2.45) is 0 Å². The van der Waals surface area contributed by atoms with Crippen molar-refractivity contribution in [3.63, 3.8) is 0 Å². The minimum Gasteiger partial charge on any atom is -0.497 e. The maximum absolute atomic E-state index is 13.8. The van der Waals surface area contributed by atoms with E-state index < -0.39 is 17.0 Å². The van der Waals surface area contributed by atoms with Gasteiger partial charge in [-0.05, 0) is 72.7 Å². The number of nitrogens with zero attached hydrogens (tertiary/aromatic N) is 6. The van der Waals surface area contributed by atoms with Crippen LogP contribution in [0.5, 0.6) is 11.5 Å². The van der Waals surface area contributed by atoms with Gasteiger partial charge < -0.3 is 19.7 Å². The van der Waals surface area contributed by atoms with E-state index in [2.05, 4.69) is 41.4 Å². The van der Waals surface area contributed by atoms with E-state index in [1.165, 1.54) is 0 Å². The van der Waals surface area contributed by atoms with Crippen LogP contribution in [0.3, 0.4) is 0 Å². The monoisotopic (exact) mass is 690 g/mol. The molecule has 14 heteroatoms. The predicted octanol–water partition coefficient (Wildman–Crippen LogP) is 3.55. The molecule has 214 valence electrons. The van der Waals surface area contributed by atoms with Crippen LogP contribution >= 0.6 is 30.1 Å². The third-order valence-electron chi connectivity index (χ3n) is 5.57. The van der Waals surface area contributed by atoms with Gasteiger partial charge >= 0.3 is 0 Å². The molecule has 3 unspecified atom stereocenters. The van der Waals surface area contributed by atoms with Crippen LogP contribution in [-0.4, -0.2) is 83.1 Å². The second kappa shape index (κ2) is 15.1. The van der Waals surface area contributed by atoms with Crippen molar-refractivity contribution in [3.05, 3.63) is 42.0 Å². The Balaban J connectivity index is 0.000000983. The fourth-order valence-electron chi connectivity index (χ4n) is 3.76. The first-order chi connectivity index (χ1) is 18.7. The second-order valence-electron chi connectivity index (χ2n) is 9.18. The smallest absolute Gasteiger partial charge is 0.239 e. The van der Waals surface area contributed by atoms with Gasteiger partial charge in [0.1, 0.15) is 34.9 Å². The SMILES string of the molecule is CC(C)O.COc1ccc2c(c1)-c1nnc(N(CCSI)S(=O)C(C)Cc3ncc(C)cn3)n1C(CO)CO2. The summed E-state index contributed by atoms with van der Waals surface area (Å²) < 4.78 is 28.8. The van der Waals surface area contributed by atoms with Gasteiger partial charge in [0.25, 0.3) is 0 Å². The van der Waals surface area contributed by atoms with Crippen molar-refractivity contribution in [2.75, 3.05) is 36.9 Å². The molecule has 0 saturated heterocycles. The van der Waals surface area contributed by atoms with Gasteiger partial charge in [0.2, 0.25) is 5.95 Å². The first-order valence-corrected chi connectivity index (χ1v) is 17.1. The van der Waals surface area contributed by atoms with Crippen LogP contribution in [-0.2, 0) is 17.4 Å². The minimum atomic E-state index is -1.46. The molecule has 1 aromatic carbocycles. The summed E-state index contributed by atoms with van der Waals surface area (Å²) in [6, 6.07) is 5.02. The highest BCUT2D eigenvalue weighted by atomic mass is 127. The van der Waals surface area contributed by atoms with E-state index in [0.29, 0.717) is 47.6 Å². The Kier molecular flexibility index (Phi) is 12.2. The van der Waals surface area contributed by atoms with Crippen molar-refractivity contribution in [1.29, 1.82) is 0 Å². The van der Waals surface area contributed by atoms with E-state index in [0.717, 1.165) is 11.3 Å². The molecule has 0 radical (unpaired) electrons. The molecule has 1 aliphatic rings. The van der Waals surface area contributed by atoms with Gasteiger partial charge in [-0.1, -0.05) is 8.93 Å². The van der Waals surface area contributed by atoms with Crippen molar-refractivity contribution < 1.29 is 23.9 Å². The Bertz CT molecular complexity index is 1230. The first-order valence-electron chi connectivity index (χ1n) is 12.4. The van der Waals surface area contributed by atoms with Gasteiger partial charge in [-0.15, -0.1) is 10.2 Å². The van der Waals surface area contributed by atoms with E-state index >= 15 is 0 Å². The highest BCUT2D eigenvalue weighted by Crippen LogP contribution is 2.39. The Hall–Kier alpha value is -2.01. The number of aromatic nitrogens is 5. The van der Waals surface area contributed by atoms with Crippen molar-refractivity contribution in [1.82, 2.24) is 24.7 Å². The zero-order chi connectivity index (χ0) is 28.5. The molecular formula is C25H35IN6O5S2. The number of aliphatic hydroxyl groups excluding tert-OH is 2. The quantitative estimate of drug-likeness (QED) is 0.304. The van der Waals surface area contributed by atoms with Crippen molar-refractivity contribution in [2.45, 2.75) is 51.5 Å². The molecular weight excluding hydrogens is 655 g/mol. The first kappa shape index (κ1) is 31.5. The van der Waals surface area contributed by atoms with Gasteiger partial charge in [0.05, 0.1) is 30.6 Å². The number of aryl methyl sites for hydroxylation is 1. The van der Waals surface area contributed by atoms with Gasteiger partial charge in [-0.25, -0.2) is 14.2 Å². The summed E-state index contributed by atoms with van der Waals surface area (Å²) >= 11 is 2.22. The highest BCUT2D eigenvalue weighted by molar-refractivity contribution is 14.2. The topological polar surface area (TPSA) is 136 Å². The lowest BCUT2D eigenvalue weighted by Crippen LogP contribution is -2.38. The third-order valence-corrected chi connectivity index (χ3v) is 8.87. The van der Waals surface area contributed by atoms with Crippen LogP contribution in [0, 0.1) is 6.92 Å². The van der Waals surface area contributed by atoms with Crippen LogP contribution in [0.15, 0.2) is 30.6 Å². The van der Waals surface area contributed by atoms with Crippen LogP contribution < -0.4 is 13.8 Å². The van der Waals surface area contributed by atoms with E-state index in [9.17, 15) is 9.32 Å². The molecule has 0 fully saturated rings. The Labute approximate surface area is 247 Å². The largest absolute Gasteiger partial charge is 0.497 e. The van der Waals surface area contributed by atoms with E-state index in [1.807, 2.05) is 36.6 Å². The Morgan fingerprint density at radius 1 is 1.28 bits per heavy atom. The highest BCUT2D eigenvalue weighted by Gasteiger charge is 2.33. The number of methoxy groups -OCH3 is 1. The lowest BCUT2D eigenvalue weighted by atomic mass is 10.1. The maximum Gasteiger partial charge on any atom is 0.239 e. The van der Waals surface area contributed by atoms with Crippen molar-refractivity contribution >= 4 is 47.1 Å². The summed E-state index contributed by atoms with van der Waals surface area (Å²) in [6.07, 6.45) is 3.81. The standard InChI is InChI=1S/C22H27IN6O4S2.C3H8O/c1-14-10-24-20(25-11-14)8-15(2)35(31)28(6-7-34-23)22-27-26-21-18-9-17(32-3)4-5-19(18)33-13-16(12-30)29(21)22;1-3(2)4/h4-5,9-11,15-16,30H,6-8,12-13H2,1-3H3;3-4H,1-2H3. The molecule has 0 saturated carbocycles. The number of aliphatic hydroxyl groups is 2. The second-order valence-corrected chi connectivity index (χ2v) is 13.5. The summed E-state index contributed by atoms with van der Waals surface area (Å²) in [5, 5.41) is 26.9. The minimum absolute atomic E-state index is 0.167. The van der Waals surface area contributed by atoms with Crippen LogP contribution in [0.4, 0.5) is 5.95 Å². The molecule has 0 aliphatic carbocycles. The third kappa shape index (κ3) is 8.25.